The number of amides is 2. The zero-order chi connectivity index (χ0) is 22.2. The van der Waals surface area contributed by atoms with Crippen molar-refractivity contribution in [2.24, 2.45) is 0 Å². The van der Waals surface area contributed by atoms with Crippen molar-refractivity contribution in [1.82, 2.24) is 0 Å². The SMILES string of the molecule is CC[C@H](C(=O)Nc1cc(OC)c(NC(=O)c2ccccc2)cc1OC)c1ccccc1. The number of hydrogen-bond donors (Lipinski definition) is 2. The largest absolute Gasteiger partial charge is 0.494 e. The van der Waals surface area contributed by atoms with E-state index in [0.29, 0.717) is 34.9 Å². The minimum Gasteiger partial charge on any atom is -0.494 e. The highest BCUT2D eigenvalue weighted by Gasteiger charge is 2.21. The summed E-state index contributed by atoms with van der Waals surface area (Å²) in [4.78, 5) is 25.5. The number of methoxy groups -OCH3 is 2. The second-order valence-electron chi connectivity index (χ2n) is 6.93. The molecule has 160 valence electrons. The van der Waals surface area contributed by atoms with E-state index in [-0.39, 0.29) is 17.7 Å². The Kier molecular flexibility index (Phi) is 7.27. The average Bonchev–Trinajstić information content (AvgIpc) is 2.81. The normalized spacial score (nSPS) is 11.3. The third kappa shape index (κ3) is 5.22. The van der Waals surface area contributed by atoms with Gasteiger partial charge in [-0.25, -0.2) is 0 Å². The first kappa shape index (κ1) is 21.9. The van der Waals surface area contributed by atoms with E-state index in [1.165, 1.54) is 14.2 Å². The summed E-state index contributed by atoms with van der Waals surface area (Å²) >= 11 is 0. The molecule has 3 aromatic carbocycles. The maximum atomic E-state index is 13.0. The van der Waals surface area contributed by atoms with Crippen molar-refractivity contribution in [2.45, 2.75) is 19.3 Å². The van der Waals surface area contributed by atoms with Gasteiger partial charge in [0.1, 0.15) is 11.5 Å². The molecular weight excluding hydrogens is 392 g/mol. The Morgan fingerprint density at radius 3 is 1.84 bits per heavy atom. The van der Waals surface area contributed by atoms with Crippen molar-refractivity contribution in [2.75, 3.05) is 24.9 Å². The standard InChI is InChI=1S/C25H26N2O4/c1-4-19(17-11-7-5-8-12-17)25(29)27-21-16-22(30-2)20(15-23(21)31-3)26-24(28)18-13-9-6-10-14-18/h5-16,19H,4H2,1-3H3,(H,26,28)(H,27,29)/t19-/m0/s1. The molecule has 0 saturated heterocycles. The number of anilines is 2. The summed E-state index contributed by atoms with van der Waals surface area (Å²) in [5.41, 5.74) is 2.38. The molecule has 2 N–H and O–H groups in total. The molecule has 0 aliphatic rings. The molecule has 0 unspecified atom stereocenters. The van der Waals surface area contributed by atoms with Crippen molar-refractivity contribution in [1.29, 1.82) is 0 Å². The lowest BCUT2D eigenvalue weighted by molar-refractivity contribution is -0.117. The quantitative estimate of drug-likeness (QED) is 0.534. The Morgan fingerprint density at radius 1 is 0.806 bits per heavy atom. The van der Waals surface area contributed by atoms with E-state index in [1.54, 1.807) is 36.4 Å². The van der Waals surface area contributed by atoms with Crippen molar-refractivity contribution in [3.8, 4) is 11.5 Å². The first-order chi connectivity index (χ1) is 15.1. The lowest BCUT2D eigenvalue weighted by Crippen LogP contribution is -2.21. The molecule has 0 aliphatic heterocycles. The van der Waals surface area contributed by atoms with Crippen LogP contribution in [0.15, 0.2) is 72.8 Å². The van der Waals surface area contributed by atoms with Gasteiger partial charge in [0.25, 0.3) is 5.91 Å². The number of carbonyl (C=O) groups is 2. The first-order valence-corrected chi connectivity index (χ1v) is 10.1. The van der Waals surface area contributed by atoms with E-state index in [4.69, 9.17) is 9.47 Å². The summed E-state index contributed by atoms with van der Waals surface area (Å²) < 4.78 is 10.9. The third-order valence-corrected chi connectivity index (χ3v) is 4.99. The number of benzene rings is 3. The summed E-state index contributed by atoms with van der Waals surface area (Å²) in [6, 6.07) is 21.8. The third-order valence-electron chi connectivity index (χ3n) is 4.99. The van der Waals surface area contributed by atoms with Crippen LogP contribution in [0.1, 0.15) is 35.2 Å². The van der Waals surface area contributed by atoms with Gasteiger partial charge in [-0.3, -0.25) is 9.59 Å². The first-order valence-electron chi connectivity index (χ1n) is 10.1. The molecule has 0 aromatic heterocycles. The van der Waals surface area contributed by atoms with Crippen LogP contribution < -0.4 is 20.1 Å². The van der Waals surface area contributed by atoms with Crippen LogP contribution in [-0.4, -0.2) is 26.0 Å². The molecule has 0 spiro atoms. The fourth-order valence-electron chi connectivity index (χ4n) is 3.35. The van der Waals surface area contributed by atoms with Crippen LogP contribution in [-0.2, 0) is 4.79 Å². The van der Waals surface area contributed by atoms with Gasteiger partial charge in [0.2, 0.25) is 5.91 Å². The van der Waals surface area contributed by atoms with Gasteiger partial charge in [-0.2, -0.15) is 0 Å². The summed E-state index contributed by atoms with van der Waals surface area (Å²) in [5.74, 6) is 0.117. The molecule has 0 radical (unpaired) electrons. The molecule has 6 nitrogen and oxygen atoms in total. The predicted octanol–water partition coefficient (Wildman–Crippen LogP) is 5.09. The van der Waals surface area contributed by atoms with Gasteiger partial charge in [0, 0.05) is 17.7 Å². The minimum atomic E-state index is -0.297. The van der Waals surface area contributed by atoms with Crippen molar-refractivity contribution in [3.05, 3.63) is 83.9 Å². The van der Waals surface area contributed by atoms with Gasteiger partial charge in [0.15, 0.2) is 0 Å². The number of rotatable bonds is 8. The maximum absolute atomic E-state index is 13.0. The summed E-state index contributed by atoms with van der Waals surface area (Å²) in [6.07, 6.45) is 0.653. The number of carbonyl (C=O) groups excluding carboxylic acids is 2. The topological polar surface area (TPSA) is 76.7 Å². The highest BCUT2D eigenvalue weighted by atomic mass is 16.5. The van der Waals surface area contributed by atoms with E-state index >= 15 is 0 Å². The monoisotopic (exact) mass is 418 g/mol. The van der Waals surface area contributed by atoms with Gasteiger partial charge in [0.05, 0.1) is 31.5 Å². The van der Waals surface area contributed by atoms with Crippen LogP contribution in [0.4, 0.5) is 11.4 Å². The van der Waals surface area contributed by atoms with Crippen LogP contribution in [0, 0.1) is 0 Å². The molecule has 0 heterocycles. The van der Waals surface area contributed by atoms with Crippen LogP contribution in [0.3, 0.4) is 0 Å². The molecule has 0 bridgehead atoms. The van der Waals surface area contributed by atoms with E-state index in [9.17, 15) is 9.59 Å². The van der Waals surface area contributed by atoms with Gasteiger partial charge in [-0.1, -0.05) is 55.5 Å². The molecule has 3 rings (SSSR count). The molecule has 3 aromatic rings. The molecule has 0 saturated carbocycles. The predicted molar refractivity (Wildman–Crippen MR) is 122 cm³/mol. The van der Waals surface area contributed by atoms with Gasteiger partial charge < -0.3 is 20.1 Å². The Morgan fingerprint density at radius 2 is 1.32 bits per heavy atom. The second-order valence-corrected chi connectivity index (χ2v) is 6.93. The fourth-order valence-corrected chi connectivity index (χ4v) is 3.35. The Hall–Kier alpha value is -3.80. The lowest BCUT2D eigenvalue weighted by atomic mass is 9.95. The number of nitrogens with one attached hydrogen (secondary N) is 2. The molecule has 0 aliphatic carbocycles. The van der Waals surface area contributed by atoms with Gasteiger partial charge in [-0.05, 0) is 24.1 Å². The highest BCUT2D eigenvalue weighted by molar-refractivity contribution is 6.05. The Labute approximate surface area is 182 Å². The van der Waals surface area contributed by atoms with Crippen LogP contribution in [0.25, 0.3) is 0 Å². The molecule has 2 amide bonds. The van der Waals surface area contributed by atoms with Crippen LogP contribution >= 0.6 is 0 Å². The molecule has 6 heteroatoms. The number of ether oxygens (including phenoxy) is 2. The Balaban J connectivity index is 1.86. The van der Waals surface area contributed by atoms with Crippen molar-refractivity contribution in [3.63, 3.8) is 0 Å². The van der Waals surface area contributed by atoms with E-state index in [0.717, 1.165) is 5.56 Å². The fraction of sp³-hybridized carbons (Fsp3) is 0.200. The maximum Gasteiger partial charge on any atom is 0.255 e. The van der Waals surface area contributed by atoms with Gasteiger partial charge in [-0.15, -0.1) is 0 Å². The summed E-state index contributed by atoms with van der Waals surface area (Å²) in [7, 11) is 3.01. The van der Waals surface area contributed by atoms with Crippen LogP contribution in [0.2, 0.25) is 0 Å². The van der Waals surface area contributed by atoms with E-state index in [2.05, 4.69) is 10.6 Å². The second kappa shape index (κ2) is 10.3. The lowest BCUT2D eigenvalue weighted by Gasteiger charge is -2.19. The zero-order valence-corrected chi connectivity index (χ0v) is 17.8. The Bertz CT molecular complexity index is 1040. The van der Waals surface area contributed by atoms with E-state index < -0.39 is 0 Å². The summed E-state index contributed by atoms with van der Waals surface area (Å²) in [6.45, 7) is 1.97. The molecule has 31 heavy (non-hydrogen) atoms. The minimum absolute atomic E-state index is 0.143. The molecule has 0 fully saturated rings. The smallest absolute Gasteiger partial charge is 0.255 e. The van der Waals surface area contributed by atoms with Crippen molar-refractivity contribution >= 4 is 23.2 Å². The average molecular weight is 418 g/mol. The molecule has 1 atom stereocenters. The van der Waals surface area contributed by atoms with Gasteiger partial charge >= 0.3 is 0 Å². The van der Waals surface area contributed by atoms with Crippen molar-refractivity contribution < 1.29 is 19.1 Å². The van der Waals surface area contributed by atoms with E-state index in [1.807, 2.05) is 43.3 Å². The summed E-state index contributed by atoms with van der Waals surface area (Å²) in [5, 5.41) is 5.78. The number of hydrogen-bond acceptors (Lipinski definition) is 4. The zero-order valence-electron chi connectivity index (χ0n) is 17.8. The molecular formula is C25H26N2O4. The van der Waals surface area contributed by atoms with Crippen LogP contribution in [0.5, 0.6) is 11.5 Å². The highest BCUT2D eigenvalue weighted by Crippen LogP contribution is 2.37.